The van der Waals surface area contributed by atoms with E-state index < -0.39 is 6.36 Å². The SMILES string of the molecule is COc1ccc(-c2nc(CSc3nnnn3-c3ccc(OC(F)(F)F)cc3)co2)cc1. The quantitative estimate of drug-likeness (QED) is 0.381. The van der Waals surface area contributed by atoms with Crippen molar-refractivity contribution in [1.29, 1.82) is 0 Å². The number of hydrogen-bond donors (Lipinski definition) is 0. The maximum absolute atomic E-state index is 12.3. The second-order valence-electron chi connectivity index (χ2n) is 6.08. The molecule has 8 nitrogen and oxygen atoms in total. The molecule has 0 saturated carbocycles. The third-order valence-corrected chi connectivity index (χ3v) is 4.95. The summed E-state index contributed by atoms with van der Waals surface area (Å²) in [4.78, 5) is 4.45. The fraction of sp³-hybridized carbons (Fsp3) is 0.158. The molecule has 4 rings (SSSR count). The first-order valence-corrected chi connectivity index (χ1v) is 9.76. The lowest BCUT2D eigenvalue weighted by Gasteiger charge is -2.09. The third-order valence-electron chi connectivity index (χ3n) is 3.99. The minimum absolute atomic E-state index is 0.327. The van der Waals surface area contributed by atoms with Crippen molar-refractivity contribution in [2.24, 2.45) is 0 Å². The first kappa shape index (κ1) is 20.7. The molecule has 0 saturated heterocycles. The molecule has 31 heavy (non-hydrogen) atoms. The molecule has 0 aliphatic carbocycles. The molecule has 0 atom stereocenters. The molecule has 0 unspecified atom stereocenters. The van der Waals surface area contributed by atoms with Crippen molar-refractivity contribution in [3.05, 3.63) is 60.5 Å². The van der Waals surface area contributed by atoms with Gasteiger partial charge in [0.25, 0.3) is 0 Å². The summed E-state index contributed by atoms with van der Waals surface area (Å²) in [6.07, 6.45) is -3.20. The molecule has 0 aliphatic heterocycles. The molecule has 4 aromatic rings. The van der Waals surface area contributed by atoms with E-state index in [0.29, 0.717) is 28.2 Å². The van der Waals surface area contributed by atoms with E-state index in [0.717, 1.165) is 11.3 Å². The topological polar surface area (TPSA) is 88.1 Å². The average molecular weight is 449 g/mol. The number of benzene rings is 2. The molecular formula is C19H14F3N5O3S. The van der Waals surface area contributed by atoms with Crippen molar-refractivity contribution >= 4 is 11.8 Å². The van der Waals surface area contributed by atoms with Gasteiger partial charge in [0.15, 0.2) is 0 Å². The van der Waals surface area contributed by atoms with Crippen LogP contribution >= 0.6 is 11.8 Å². The molecule has 0 aliphatic rings. The minimum Gasteiger partial charge on any atom is -0.497 e. The van der Waals surface area contributed by atoms with Crippen molar-refractivity contribution < 1.29 is 27.1 Å². The second-order valence-corrected chi connectivity index (χ2v) is 7.02. The van der Waals surface area contributed by atoms with Gasteiger partial charge < -0.3 is 13.9 Å². The van der Waals surface area contributed by atoms with Gasteiger partial charge in [-0.25, -0.2) is 4.98 Å². The number of ether oxygens (including phenoxy) is 2. The summed E-state index contributed by atoms with van der Waals surface area (Å²) in [6, 6.07) is 12.6. The Morgan fingerprint density at radius 1 is 1.03 bits per heavy atom. The zero-order valence-electron chi connectivity index (χ0n) is 15.9. The van der Waals surface area contributed by atoms with E-state index in [4.69, 9.17) is 9.15 Å². The molecule has 0 fully saturated rings. The molecule has 2 heterocycles. The van der Waals surface area contributed by atoms with Crippen LogP contribution in [-0.4, -0.2) is 38.7 Å². The van der Waals surface area contributed by atoms with Crippen LogP contribution < -0.4 is 9.47 Å². The first-order chi connectivity index (χ1) is 14.9. The molecule has 0 amide bonds. The molecule has 0 N–H and O–H groups in total. The van der Waals surface area contributed by atoms with Crippen molar-refractivity contribution in [1.82, 2.24) is 25.2 Å². The van der Waals surface area contributed by atoms with Gasteiger partial charge in [0.05, 0.1) is 18.5 Å². The lowest BCUT2D eigenvalue weighted by Crippen LogP contribution is -2.17. The van der Waals surface area contributed by atoms with E-state index in [-0.39, 0.29) is 5.75 Å². The van der Waals surface area contributed by atoms with Crippen LogP contribution in [0.2, 0.25) is 0 Å². The number of aromatic nitrogens is 5. The Morgan fingerprint density at radius 2 is 1.74 bits per heavy atom. The van der Waals surface area contributed by atoms with Crippen LogP contribution in [0.25, 0.3) is 17.1 Å². The number of oxazole rings is 1. The number of hydrogen-bond acceptors (Lipinski definition) is 8. The highest BCUT2D eigenvalue weighted by molar-refractivity contribution is 7.98. The lowest BCUT2D eigenvalue weighted by molar-refractivity contribution is -0.274. The van der Waals surface area contributed by atoms with Crippen LogP contribution in [-0.2, 0) is 5.75 Å². The van der Waals surface area contributed by atoms with Crippen molar-refractivity contribution in [2.75, 3.05) is 7.11 Å². The van der Waals surface area contributed by atoms with E-state index >= 15 is 0 Å². The Bertz CT molecular complexity index is 1140. The normalized spacial score (nSPS) is 11.5. The van der Waals surface area contributed by atoms with Gasteiger partial charge >= 0.3 is 6.36 Å². The number of tetrazole rings is 1. The molecule has 0 bridgehead atoms. The maximum atomic E-state index is 12.3. The zero-order valence-corrected chi connectivity index (χ0v) is 16.7. The van der Waals surface area contributed by atoms with Gasteiger partial charge in [-0.3, -0.25) is 0 Å². The highest BCUT2D eigenvalue weighted by atomic mass is 32.2. The van der Waals surface area contributed by atoms with Crippen molar-refractivity contribution in [3.63, 3.8) is 0 Å². The monoisotopic (exact) mass is 449 g/mol. The Morgan fingerprint density at radius 3 is 2.42 bits per heavy atom. The maximum Gasteiger partial charge on any atom is 0.573 e. The standard InChI is InChI=1S/C19H14F3N5O3S/c1-28-15-6-2-12(3-7-15)17-23-13(10-29-17)11-31-18-24-25-26-27(18)14-4-8-16(9-5-14)30-19(20,21)22/h2-10H,11H2,1H3. The first-order valence-electron chi connectivity index (χ1n) is 8.77. The van der Waals surface area contributed by atoms with Gasteiger partial charge in [-0.1, -0.05) is 11.8 Å². The molecule has 2 aromatic carbocycles. The number of methoxy groups -OCH3 is 1. The van der Waals surface area contributed by atoms with Crippen LogP contribution in [0.3, 0.4) is 0 Å². The third kappa shape index (κ3) is 5.15. The highest BCUT2D eigenvalue weighted by Gasteiger charge is 2.31. The van der Waals surface area contributed by atoms with E-state index in [1.165, 1.54) is 40.7 Å². The van der Waals surface area contributed by atoms with Crippen LogP contribution in [0.15, 0.2) is 64.4 Å². The average Bonchev–Trinajstić information content (AvgIpc) is 3.41. The van der Waals surface area contributed by atoms with Gasteiger partial charge in [0, 0.05) is 11.3 Å². The molecule has 0 spiro atoms. The summed E-state index contributed by atoms with van der Waals surface area (Å²) in [6.45, 7) is 0. The molecular weight excluding hydrogens is 435 g/mol. The largest absolute Gasteiger partial charge is 0.573 e. The minimum atomic E-state index is -4.75. The summed E-state index contributed by atoms with van der Waals surface area (Å²) < 4.78 is 52.9. The number of thioether (sulfide) groups is 1. The van der Waals surface area contributed by atoms with E-state index in [1.54, 1.807) is 13.4 Å². The Kier molecular flexibility index (Phi) is 5.80. The number of nitrogens with zero attached hydrogens (tertiary/aromatic N) is 5. The summed E-state index contributed by atoms with van der Waals surface area (Å²) in [5, 5.41) is 11.9. The van der Waals surface area contributed by atoms with E-state index in [2.05, 4.69) is 25.2 Å². The Hall–Kier alpha value is -3.54. The Labute approximate surface area is 178 Å². The van der Waals surface area contributed by atoms with E-state index in [1.807, 2.05) is 24.3 Å². The number of halogens is 3. The van der Waals surface area contributed by atoms with Gasteiger partial charge in [-0.2, -0.15) is 4.68 Å². The predicted octanol–water partition coefficient (Wildman–Crippen LogP) is 4.52. The van der Waals surface area contributed by atoms with Gasteiger partial charge in [-0.15, -0.1) is 18.3 Å². The van der Waals surface area contributed by atoms with Gasteiger partial charge in [-0.05, 0) is 59.0 Å². The second kappa shape index (κ2) is 8.68. The number of rotatable bonds is 7. The van der Waals surface area contributed by atoms with Crippen molar-refractivity contribution in [2.45, 2.75) is 17.3 Å². The summed E-state index contributed by atoms with van der Waals surface area (Å²) in [5.41, 5.74) is 1.98. The predicted molar refractivity (Wildman–Crippen MR) is 104 cm³/mol. The van der Waals surface area contributed by atoms with E-state index in [9.17, 15) is 13.2 Å². The molecule has 2 aromatic heterocycles. The summed E-state index contributed by atoms with van der Waals surface area (Å²) in [7, 11) is 1.59. The van der Waals surface area contributed by atoms with Crippen molar-refractivity contribution in [3.8, 4) is 28.6 Å². The molecule has 160 valence electrons. The van der Waals surface area contributed by atoms with Crippen LogP contribution in [0.1, 0.15) is 5.69 Å². The van der Waals surface area contributed by atoms with Crippen LogP contribution in [0.4, 0.5) is 13.2 Å². The summed E-state index contributed by atoms with van der Waals surface area (Å²) in [5.74, 6) is 1.30. The fourth-order valence-corrected chi connectivity index (χ4v) is 3.37. The van der Waals surface area contributed by atoms with Gasteiger partial charge in [0.2, 0.25) is 11.0 Å². The smallest absolute Gasteiger partial charge is 0.497 e. The highest BCUT2D eigenvalue weighted by Crippen LogP contribution is 2.27. The van der Waals surface area contributed by atoms with Crippen LogP contribution in [0.5, 0.6) is 11.5 Å². The fourth-order valence-electron chi connectivity index (χ4n) is 2.60. The lowest BCUT2D eigenvalue weighted by atomic mass is 10.2. The Balaban J connectivity index is 1.43. The van der Waals surface area contributed by atoms with Crippen LogP contribution in [0, 0.1) is 0 Å². The zero-order chi connectivity index (χ0) is 21.8. The molecule has 0 radical (unpaired) electrons. The molecule has 12 heteroatoms. The van der Waals surface area contributed by atoms with Gasteiger partial charge in [0.1, 0.15) is 17.8 Å². The number of alkyl halides is 3. The summed E-state index contributed by atoms with van der Waals surface area (Å²) >= 11 is 1.30.